The molecule has 3 rings (SSSR count). The van der Waals surface area contributed by atoms with E-state index in [1.165, 1.54) is 11.5 Å². The van der Waals surface area contributed by atoms with Gasteiger partial charge in [-0.15, -0.1) is 5.10 Å². The lowest BCUT2D eigenvalue weighted by Crippen LogP contribution is -2.49. The van der Waals surface area contributed by atoms with Gasteiger partial charge in [-0.2, -0.15) is 0 Å². The van der Waals surface area contributed by atoms with Crippen LogP contribution in [0.4, 0.5) is 11.4 Å². The summed E-state index contributed by atoms with van der Waals surface area (Å²) >= 11 is 1.19. The van der Waals surface area contributed by atoms with Crippen molar-refractivity contribution in [3.8, 4) is 0 Å². The van der Waals surface area contributed by atoms with Crippen molar-refractivity contribution in [3.63, 3.8) is 0 Å². The molecule has 1 aliphatic heterocycles. The Hall–Kier alpha value is -2.22. The van der Waals surface area contributed by atoms with Crippen LogP contribution in [0.25, 0.3) is 0 Å². The first kappa shape index (κ1) is 12.8. The van der Waals surface area contributed by atoms with E-state index in [4.69, 9.17) is 5.73 Å². The molecule has 0 unspecified atom stereocenters. The molecular weight excluding hydrogens is 276 g/mol. The SMILES string of the molecule is Nc1cnccc1N1CCN(C(=O)c2csnn2)CC1. The van der Waals surface area contributed by atoms with Gasteiger partial charge >= 0.3 is 0 Å². The van der Waals surface area contributed by atoms with E-state index in [9.17, 15) is 4.79 Å². The Morgan fingerprint density at radius 2 is 2.10 bits per heavy atom. The maximum atomic E-state index is 12.1. The third kappa shape index (κ3) is 2.42. The number of nitrogen functional groups attached to an aromatic ring is 1. The molecule has 2 aromatic rings. The first-order valence-corrected chi connectivity index (χ1v) is 7.10. The minimum atomic E-state index is -0.0545. The van der Waals surface area contributed by atoms with Crippen LogP contribution in [0.1, 0.15) is 10.5 Å². The largest absolute Gasteiger partial charge is 0.396 e. The molecule has 104 valence electrons. The van der Waals surface area contributed by atoms with Gasteiger partial charge in [0.25, 0.3) is 5.91 Å². The van der Waals surface area contributed by atoms with E-state index < -0.39 is 0 Å². The number of pyridine rings is 1. The third-order valence-electron chi connectivity index (χ3n) is 3.31. The minimum absolute atomic E-state index is 0.0545. The maximum Gasteiger partial charge on any atom is 0.275 e. The summed E-state index contributed by atoms with van der Waals surface area (Å²) in [5.41, 5.74) is 7.98. The molecule has 0 radical (unpaired) electrons. The molecule has 0 saturated carbocycles. The quantitative estimate of drug-likeness (QED) is 0.865. The van der Waals surface area contributed by atoms with E-state index in [2.05, 4.69) is 19.5 Å². The fraction of sp³-hybridized carbons (Fsp3) is 0.333. The molecule has 0 atom stereocenters. The van der Waals surface area contributed by atoms with Crippen molar-refractivity contribution in [1.29, 1.82) is 0 Å². The van der Waals surface area contributed by atoms with Crippen molar-refractivity contribution >= 4 is 28.8 Å². The monoisotopic (exact) mass is 290 g/mol. The fourth-order valence-corrected chi connectivity index (χ4v) is 2.69. The number of amides is 1. The van der Waals surface area contributed by atoms with Gasteiger partial charge in [-0.25, -0.2) is 0 Å². The Labute approximate surface area is 120 Å². The Morgan fingerprint density at radius 1 is 1.30 bits per heavy atom. The molecule has 1 aliphatic rings. The number of nitrogens with two attached hydrogens (primary N) is 1. The van der Waals surface area contributed by atoms with Crippen LogP contribution in [-0.4, -0.2) is 51.6 Å². The summed E-state index contributed by atoms with van der Waals surface area (Å²) in [6.07, 6.45) is 3.37. The first-order chi connectivity index (χ1) is 9.75. The first-order valence-electron chi connectivity index (χ1n) is 6.26. The van der Waals surface area contributed by atoms with Crippen LogP contribution < -0.4 is 10.6 Å². The smallest absolute Gasteiger partial charge is 0.275 e. The van der Waals surface area contributed by atoms with Crippen molar-refractivity contribution in [1.82, 2.24) is 19.5 Å². The highest BCUT2D eigenvalue weighted by atomic mass is 32.1. The normalized spacial score (nSPS) is 15.4. The maximum absolute atomic E-state index is 12.1. The van der Waals surface area contributed by atoms with Gasteiger partial charge in [-0.1, -0.05) is 4.49 Å². The lowest BCUT2D eigenvalue weighted by atomic mass is 10.2. The van der Waals surface area contributed by atoms with Crippen molar-refractivity contribution in [2.75, 3.05) is 36.8 Å². The molecule has 7 nitrogen and oxygen atoms in total. The highest BCUT2D eigenvalue weighted by molar-refractivity contribution is 7.03. The number of carbonyl (C=O) groups is 1. The van der Waals surface area contributed by atoms with E-state index >= 15 is 0 Å². The molecule has 2 aromatic heterocycles. The van der Waals surface area contributed by atoms with Crippen LogP contribution in [0.3, 0.4) is 0 Å². The zero-order chi connectivity index (χ0) is 13.9. The van der Waals surface area contributed by atoms with E-state index in [1.54, 1.807) is 22.7 Å². The summed E-state index contributed by atoms with van der Waals surface area (Å²) in [4.78, 5) is 20.1. The van der Waals surface area contributed by atoms with E-state index in [-0.39, 0.29) is 5.91 Å². The van der Waals surface area contributed by atoms with E-state index in [1.807, 2.05) is 6.07 Å². The number of piperazine rings is 1. The van der Waals surface area contributed by atoms with Gasteiger partial charge in [0.2, 0.25) is 0 Å². The van der Waals surface area contributed by atoms with Crippen molar-refractivity contribution < 1.29 is 4.79 Å². The molecule has 0 aliphatic carbocycles. The van der Waals surface area contributed by atoms with Crippen LogP contribution in [0, 0.1) is 0 Å². The number of anilines is 2. The lowest BCUT2D eigenvalue weighted by Gasteiger charge is -2.36. The summed E-state index contributed by atoms with van der Waals surface area (Å²) in [6, 6.07) is 1.90. The van der Waals surface area contributed by atoms with Crippen molar-refractivity contribution in [3.05, 3.63) is 29.5 Å². The summed E-state index contributed by atoms with van der Waals surface area (Å²) in [5.74, 6) is -0.0545. The summed E-state index contributed by atoms with van der Waals surface area (Å²) < 4.78 is 3.72. The zero-order valence-electron chi connectivity index (χ0n) is 10.8. The molecule has 0 spiro atoms. The number of rotatable bonds is 2. The minimum Gasteiger partial charge on any atom is -0.396 e. The second-order valence-corrected chi connectivity index (χ2v) is 5.11. The number of carbonyl (C=O) groups excluding carboxylic acids is 1. The molecule has 1 fully saturated rings. The van der Waals surface area contributed by atoms with Gasteiger partial charge < -0.3 is 15.5 Å². The Morgan fingerprint density at radius 3 is 2.75 bits per heavy atom. The van der Waals surface area contributed by atoms with Gasteiger partial charge in [0.05, 0.1) is 17.6 Å². The highest BCUT2D eigenvalue weighted by Crippen LogP contribution is 2.22. The van der Waals surface area contributed by atoms with Gasteiger partial charge in [0, 0.05) is 37.8 Å². The molecule has 1 saturated heterocycles. The molecule has 20 heavy (non-hydrogen) atoms. The Kier molecular flexibility index (Phi) is 3.46. The standard InChI is InChI=1S/C12H14N6OS/c13-9-7-14-2-1-11(9)17-3-5-18(6-4-17)12(19)10-8-20-16-15-10/h1-2,7-8H,3-6,13H2. The van der Waals surface area contributed by atoms with Crippen LogP contribution in [-0.2, 0) is 0 Å². The molecule has 1 amide bonds. The Bertz CT molecular complexity index is 594. The van der Waals surface area contributed by atoms with Gasteiger partial charge in [-0.3, -0.25) is 9.78 Å². The van der Waals surface area contributed by atoms with Crippen LogP contribution >= 0.6 is 11.5 Å². The summed E-state index contributed by atoms with van der Waals surface area (Å²) in [6.45, 7) is 2.80. The molecular formula is C12H14N6OS. The van der Waals surface area contributed by atoms with Crippen molar-refractivity contribution in [2.24, 2.45) is 0 Å². The topological polar surface area (TPSA) is 88.2 Å². The van der Waals surface area contributed by atoms with E-state index in [0.717, 1.165) is 18.8 Å². The van der Waals surface area contributed by atoms with Crippen molar-refractivity contribution in [2.45, 2.75) is 0 Å². The molecule has 2 N–H and O–H groups in total. The number of hydrogen-bond acceptors (Lipinski definition) is 7. The van der Waals surface area contributed by atoms with Crippen LogP contribution in [0.2, 0.25) is 0 Å². The predicted octanol–water partition coefficient (Wildman–Crippen LogP) is 0.478. The molecule has 3 heterocycles. The summed E-state index contributed by atoms with van der Waals surface area (Å²) in [5, 5.41) is 5.49. The average molecular weight is 290 g/mol. The lowest BCUT2D eigenvalue weighted by molar-refractivity contribution is 0.0741. The average Bonchev–Trinajstić information content (AvgIpc) is 3.01. The fourth-order valence-electron chi connectivity index (χ4n) is 2.26. The molecule has 0 bridgehead atoms. The Balaban J connectivity index is 1.65. The number of aromatic nitrogens is 3. The van der Waals surface area contributed by atoms with Crippen LogP contribution in [0.15, 0.2) is 23.8 Å². The summed E-state index contributed by atoms with van der Waals surface area (Å²) in [7, 11) is 0. The molecule has 8 heteroatoms. The van der Waals surface area contributed by atoms with Gasteiger partial charge in [0.1, 0.15) is 0 Å². The number of nitrogens with zero attached hydrogens (tertiary/aromatic N) is 5. The van der Waals surface area contributed by atoms with Gasteiger partial charge in [0.15, 0.2) is 5.69 Å². The third-order valence-corrected chi connectivity index (χ3v) is 3.82. The van der Waals surface area contributed by atoms with E-state index in [0.29, 0.717) is 24.5 Å². The predicted molar refractivity (Wildman–Crippen MR) is 76.7 cm³/mol. The molecule has 0 aromatic carbocycles. The van der Waals surface area contributed by atoms with Crippen LogP contribution in [0.5, 0.6) is 0 Å². The number of hydrogen-bond donors (Lipinski definition) is 1. The second-order valence-electron chi connectivity index (χ2n) is 4.50. The second kappa shape index (κ2) is 5.41. The highest BCUT2D eigenvalue weighted by Gasteiger charge is 2.24. The van der Waals surface area contributed by atoms with Gasteiger partial charge in [-0.05, 0) is 17.6 Å². The zero-order valence-corrected chi connectivity index (χ0v) is 11.6.